The molecule has 7 heteroatoms. The van der Waals surface area contributed by atoms with Gasteiger partial charge in [0.05, 0.1) is 38.3 Å². The smallest absolute Gasteiger partial charge is 0.255 e. The van der Waals surface area contributed by atoms with Crippen LogP contribution in [0.4, 0.5) is 0 Å². The average Bonchev–Trinajstić information content (AvgIpc) is 3.31. The van der Waals surface area contributed by atoms with Gasteiger partial charge >= 0.3 is 0 Å². The monoisotopic (exact) mass is 443 g/mol. The molecule has 0 bridgehead atoms. The van der Waals surface area contributed by atoms with Gasteiger partial charge in [-0.3, -0.25) is 4.79 Å². The fourth-order valence-electron chi connectivity index (χ4n) is 3.64. The van der Waals surface area contributed by atoms with E-state index in [-0.39, 0.29) is 12.5 Å². The Morgan fingerprint density at radius 3 is 2.15 bits per heavy atom. The third-order valence-corrected chi connectivity index (χ3v) is 5.25. The predicted molar refractivity (Wildman–Crippen MR) is 126 cm³/mol. The minimum Gasteiger partial charge on any atom is -0.493 e. The molecule has 0 saturated heterocycles. The van der Waals surface area contributed by atoms with Crippen molar-refractivity contribution in [3.8, 4) is 34.2 Å². The maximum Gasteiger partial charge on any atom is 0.255 e. The maximum atomic E-state index is 13.1. The fraction of sp³-hybridized carbons (Fsp3) is 0.154. The number of carbonyl (C=O) groups excluding carboxylic acids is 1. The number of hydrogen-bond acceptors (Lipinski definition) is 5. The van der Waals surface area contributed by atoms with Gasteiger partial charge in [0.25, 0.3) is 5.91 Å². The van der Waals surface area contributed by atoms with Crippen molar-refractivity contribution in [1.29, 1.82) is 0 Å². The van der Waals surface area contributed by atoms with Gasteiger partial charge in [0.2, 0.25) is 5.75 Å². The summed E-state index contributed by atoms with van der Waals surface area (Å²) in [6.07, 6.45) is 1.93. The van der Waals surface area contributed by atoms with E-state index in [0.29, 0.717) is 22.8 Å². The molecule has 0 fully saturated rings. The highest BCUT2D eigenvalue weighted by molar-refractivity contribution is 5.98. The molecule has 1 amide bonds. The number of nitrogens with zero attached hydrogens (tertiary/aromatic N) is 2. The third kappa shape index (κ3) is 4.52. The molecule has 3 aromatic carbocycles. The summed E-state index contributed by atoms with van der Waals surface area (Å²) >= 11 is 0. The van der Waals surface area contributed by atoms with Crippen LogP contribution in [0.3, 0.4) is 0 Å². The number of hydrogen-bond donors (Lipinski definition) is 1. The summed E-state index contributed by atoms with van der Waals surface area (Å²) in [7, 11) is 4.53. The largest absolute Gasteiger partial charge is 0.493 e. The minimum absolute atomic E-state index is 0.285. The fourth-order valence-corrected chi connectivity index (χ4v) is 3.64. The molecule has 4 rings (SSSR count). The molecule has 33 heavy (non-hydrogen) atoms. The molecular weight excluding hydrogens is 418 g/mol. The summed E-state index contributed by atoms with van der Waals surface area (Å²) in [4.78, 5) is 13.1. The molecule has 4 aromatic rings. The third-order valence-electron chi connectivity index (χ3n) is 5.25. The lowest BCUT2D eigenvalue weighted by atomic mass is 10.1. The van der Waals surface area contributed by atoms with E-state index in [0.717, 1.165) is 22.5 Å². The Morgan fingerprint density at radius 1 is 0.848 bits per heavy atom. The lowest BCUT2D eigenvalue weighted by molar-refractivity contribution is 0.0947. The van der Waals surface area contributed by atoms with Crippen LogP contribution in [0, 0.1) is 0 Å². The molecule has 0 atom stereocenters. The van der Waals surface area contributed by atoms with Gasteiger partial charge in [-0.05, 0) is 24.3 Å². The number of ether oxygens (including phenoxy) is 3. The van der Waals surface area contributed by atoms with E-state index >= 15 is 0 Å². The number of carbonyl (C=O) groups is 1. The standard InChI is InChI=1S/C26H25N3O4/c1-31-22-15-14-21(24(32-2)25(22)33-3)26(30)27-16-19-17-29(20-12-8-5-9-13-20)28-23(19)18-10-6-4-7-11-18/h4-15,17H,16H2,1-3H3,(H,27,30). The zero-order valence-corrected chi connectivity index (χ0v) is 18.7. The molecule has 0 saturated carbocycles. The summed E-state index contributed by atoms with van der Waals surface area (Å²) < 4.78 is 18.0. The lowest BCUT2D eigenvalue weighted by Crippen LogP contribution is -2.23. The van der Waals surface area contributed by atoms with Gasteiger partial charge in [-0.2, -0.15) is 5.10 Å². The van der Waals surface area contributed by atoms with Gasteiger partial charge in [-0.15, -0.1) is 0 Å². The van der Waals surface area contributed by atoms with Gasteiger partial charge in [0.1, 0.15) is 0 Å². The van der Waals surface area contributed by atoms with Crippen LogP contribution in [0.15, 0.2) is 79.0 Å². The van der Waals surface area contributed by atoms with Crippen molar-refractivity contribution in [2.24, 2.45) is 0 Å². The zero-order chi connectivity index (χ0) is 23.2. The van der Waals surface area contributed by atoms with Crippen molar-refractivity contribution in [2.75, 3.05) is 21.3 Å². The van der Waals surface area contributed by atoms with Crippen LogP contribution in [0.1, 0.15) is 15.9 Å². The molecule has 0 spiro atoms. The van der Waals surface area contributed by atoms with Crippen LogP contribution in [-0.4, -0.2) is 37.0 Å². The second-order valence-electron chi connectivity index (χ2n) is 7.21. The van der Waals surface area contributed by atoms with Gasteiger partial charge in [0.15, 0.2) is 11.5 Å². The number of amides is 1. The predicted octanol–water partition coefficient (Wildman–Crippen LogP) is 4.50. The van der Waals surface area contributed by atoms with Gasteiger partial charge in [0, 0.05) is 23.9 Å². The van der Waals surface area contributed by atoms with E-state index in [4.69, 9.17) is 19.3 Å². The van der Waals surface area contributed by atoms with Crippen LogP contribution in [0.5, 0.6) is 17.2 Å². The Morgan fingerprint density at radius 2 is 1.52 bits per heavy atom. The number of nitrogens with one attached hydrogen (secondary N) is 1. The quantitative estimate of drug-likeness (QED) is 0.434. The topological polar surface area (TPSA) is 74.6 Å². The second kappa shape index (κ2) is 9.91. The van der Waals surface area contributed by atoms with Gasteiger partial charge in [-0.25, -0.2) is 4.68 Å². The Balaban J connectivity index is 1.64. The summed E-state index contributed by atoms with van der Waals surface area (Å²) in [5, 5.41) is 7.77. The Hall–Kier alpha value is -4.26. The normalized spacial score (nSPS) is 10.5. The van der Waals surface area contributed by atoms with Crippen molar-refractivity contribution >= 4 is 5.91 Å². The van der Waals surface area contributed by atoms with Crippen LogP contribution < -0.4 is 19.5 Å². The van der Waals surface area contributed by atoms with Crippen LogP contribution in [0.2, 0.25) is 0 Å². The van der Waals surface area contributed by atoms with Crippen molar-refractivity contribution < 1.29 is 19.0 Å². The van der Waals surface area contributed by atoms with Crippen LogP contribution in [-0.2, 0) is 6.54 Å². The first-order chi connectivity index (χ1) is 16.2. The van der Waals surface area contributed by atoms with E-state index in [1.54, 1.807) is 12.1 Å². The summed E-state index contributed by atoms with van der Waals surface area (Å²) in [5.41, 5.74) is 3.96. The molecular formula is C26H25N3O4. The SMILES string of the molecule is COc1ccc(C(=O)NCc2cn(-c3ccccc3)nc2-c2ccccc2)c(OC)c1OC. The molecule has 0 unspecified atom stereocenters. The van der Waals surface area contributed by atoms with E-state index in [1.807, 2.05) is 71.5 Å². The molecule has 168 valence electrons. The Kier molecular flexibility index (Phi) is 6.59. The maximum absolute atomic E-state index is 13.1. The van der Waals surface area contributed by atoms with Crippen LogP contribution in [0.25, 0.3) is 16.9 Å². The molecule has 1 N–H and O–H groups in total. The van der Waals surface area contributed by atoms with Gasteiger partial charge < -0.3 is 19.5 Å². The number of aromatic nitrogens is 2. The van der Waals surface area contributed by atoms with Crippen molar-refractivity contribution in [3.63, 3.8) is 0 Å². The molecule has 0 radical (unpaired) electrons. The molecule has 0 aliphatic rings. The molecule has 0 aliphatic heterocycles. The minimum atomic E-state index is -0.292. The number of para-hydroxylation sites is 1. The Bertz CT molecular complexity index is 1240. The highest BCUT2D eigenvalue weighted by atomic mass is 16.5. The highest BCUT2D eigenvalue weighted by Gasteiger charge is 2.21. The first-order valence-electron chi connectivity index (χ1n) is 10.4. The Labute approximate surface area is 192 Å². The first kappa shape index (κ1) is 22.0. The lowest BCUT2D eigenvalue weighted by Gasteiger charge is -2.15. The van der Waals surface area contributed by atoms with Gasteiger partial charge in [-0.1, -0.05) is 48.5 Å². The summed E-state index contributed by atoms with van der Waals surface area (Å²) in [6, 6.07) is 23.1. The zero-order valence-electron chi connectivity index (χ0n) is 18.7. The average molecular weight is 444 g/mol. The molecule has 1 heterocycles. The summed E-state index contributed by atoms with van der Waals surface area (Å²) in [6.45, 7) is 0.285. The number of benzene rings is 3. The van der Waals surface area contributed by atoms with E-state index in [1.165, 1.54) is 21.3 Å². The number of methoxy groups -OCH3 is 3. The van der Waals surface area contributed by atoms with E-state index < -0.39 is 0 Å². The van der Waals surface area contributed by atoms with E-state index in [2.05, 4.69) is 5.32 Å². The van der Waals surface area contributed by atoms with Crippen LogP contribution >= 0.6 is 0 Å². The molecule has 0 aliphatic carbocycles. The van der Waals surface area contributed by atoms with Crippen molar-refractivity contribution in [2.45, 2.75) is 6.54 Å². The first-order valence-corrected chi connectivity index (χ1v) is 10.4. The van der Waals surface area contributed by atoms with Crippen molar-refractivity contribution in [3.05, 3.63) is 90.1 Å². The molecule has 7 nitrogen and oxygen atoms in total. The van der Waals surface area contributed by atoms with E-state index in [9.17, 15) is 4.79 Å². The highest BCUT2D eigenvalue weighted by Crippen LogP contribution is 2.39. The number of rotatable bonds is 8. The second-order valence-corrected chi connectivity index (χ2v) is 7.21. The van der Waals surface area contributed by atoms with Crippen molar-refractivity contribution in [1.82, 2.24) is 15.1 Å². The molecule has 1 aromatic heterocycles. The summed E-state index contributed by atoms with van der Waals surface area (Å²) in [5.74, 6) is 0.882.